The normalized spacial score (nSPS) is 15.9. The van der Waals surface area contributed by atoms with E-state index in [9.17, 15) is 9.59 Å². The van der Waals surface area contributed by atoms with Crippen LogP contribution in [0.2, 0.25) is 0 Å². The molecule has 0 amide bonds. The fourth-order valence-corrected chi connectivity index (χ4v) is 5.94. The van der Waals surface area contributed by atoms with Crippen molar-refractivity contribution in [2.24, 2.45) is 4.99 Å². The van der Waals surface area contributed by atoms with Crippen molar-refractivity contribution in [1.29, 1.82) is 0 Å². The van der Waals surface area contributed by atoms with E-state index in [0.29, 0.717) is 20.6 Å². The Hall–Kier alpha value is -3.04. The van der Waals surface area contributed by atoms with Gasteiger partial charge in [-0.15, -0.1) is 0 Å². The van der Waals surface area contributed by atoms with Gasteiger partial charge in [0.2, 0.25) is 0 Å². The topological polar surface area (TPSA) is 60.7 Å². The van der Waals surface area contributed by atoms with Crippen LogP contribution < -0.4 is 14.9 Å². The molecule has 0 unspecified atom stereocenters. The van der Waals surface area contributed by atoms with E-state index in [4.69, 9.17) is 4.74 Å². The third-order valence-electron chi connectivity index (χ3n) is 5.78. The Kier molecular flexibility index (Phi) is 6.22. The van der Waals surface area contributed by atoms with Gasteiger partial charge in [-0.25, -0.2) is 9.79 Å². The van der Waals surface area contributed by atoms with E-state index in [1.807, 2.05) is 72.8 Å². The molecule has 1 aliphatic rings. The third-order valence-corrected chi connectivity index (χ3v) is 7.44. The SMILES string of the molecule is CCOC(=O)C1=C(C)N=c2s/c(=C\c3cccc(I)c3)c(=O)n2[C@H]1c1cccc2ccccc12. The number of carbonyl (C=O) groups is 1. The quantitative estimate of drug-likeness (QED) is 0.263. The molecule has 0 radical (unpaired) electrons. The molecular formula is C27H21IN2O3S. The summed E-state index contributed by atoms with van der Waals surface area (Å²) < 4.78 is 8.72. The molecule has 2 heterocycles. The number of benzene rings is 3. The first-order valence-electron chi connectivity index (χ1n) is 10.9. The fourth-order valence-electron chi connectivity index (χ4n) is 4.32. The van der Waals surface area contributed by atoms with Gasteiger partial charge in [0, 0.05) is 3.57 Å². The molecule has 1 atom stereocenters. The number of thiazole rings is 1. The summed E-state index contributed by atoms with van der Waals surface area (Å²) in [5.41, 5.74) is 2.61. The number of nitrogens with zero attached hydrogens (tertiary/aromatic N) is 2. The summed E-state index contributed by atoms with van der Waals surface area (Å²) in [5, 5.41) is 2.03. The lowest BCUT2D eigenvalue weighted by Gasteiger charge is -2.25. The average molecular weight is 580 g/mol. The van der Waals surface area contributed by atoms with Crippen LogP contribution in [0.5, 0.6) is 0 Å². The second kappa shape index (κ2) is 9.31. The van der Waals surface area contributed by atoms with Crippen LogP contribution in [-0.4, -0.2) is 17.1 Å². The van der Waals surface area contributed by atoms with Gasteiger partial charge in [-0.3, -0.25) is 9.36 Å². The van der Waals surface area contributed by atoms with Crippen LogP contribution in [0.15, 0.2) is 87.8 Å². The van der Waals surface area contributed by atoms with Gasteiger partial charge in [0.25, 0.3) is 5.56 Å². The van der Waals surface area contributed by atoms with Crippen LogP contribution >= 0.6 is 33.9 Å². The molecule has 0 spiro atoms. The highest BCUT2D eigenvalue weighted by molar-refractivity contribution is 14.1. The minimum absolute atomic E-state index is 0.171. The maximum atomic E-state index is 13.8. The number of hydrogen-bond donors (Lipinski definition) is 0. The number of ether oxygens (including phenoxy) is 1. The molecule has 1 aliphatic heterocycles. The Balaban J connectivity index is 1.81. The highest BCUT2D eigenvalue weighted by atomic mass is 127. The first kappa shape index (κ1) is 22.7. The van der Waals surface area contributed by atoms with Crippen molar-refractivity contribution in [3.63, 3.8) is 0 Å². The molecule has 3 aromatic carbocycles. The fraction of sp³-hybridized carbons (Fsp3) is 0.148. The molecule has 170 valence electrons. The van der Waals surface area contributed by atoms with Crippen LogP contribution in [0, 0.1) is 3.57 Å². The highest BCUT2D eigenvalue weighted by Gasteiger charge is 2.34. The van der Waals surface area contributed by atoms with Crippen LogP contribution in [0.25, 0.3) is 16.8 Å². The van der Waals surface area contributed by atoms with Gasteiger partial charge in [-0.05, 0) is 76.5 Å². The molecular weight excluding hydrogens is 559 g/mol. The van der Waals surface area contributed by atoms with Gasteiger partial charge in [0.15, 0.2) is 4.80 Å². The van der Waals surface area contributed by atoms with Gasteiger partial charge < -0.3 is 4.74 Å². The minimum Gasteiger partial charge on any atom is -0.463 e. The second-order valence-corrected chi connectivity index (χ2v) is 10.2. The summed E-state index contributed by atoms with van der Waals surface area (Å²) in [7, 11) is 0. The molecule has 0 bridgehead atoms. The Morgan fingerprint density at radius 2 is 1.91 bits per heavy atom. The Labute approximate surface area is 213 Å². The van der Waals surface area contributed by atoms with Crippen LogP contribution in [0.1, 0.15) is 31.0 Å². The maximum Gasteiger partial charge on any atom is 0.338 e. The molecule has 5 nitrogen and oxygen atoms in total. The number of aromatic nitrogens is 1. The predicted octanol–water partition coefficient (Wildman–Crippen LogP) is 4.56. The van der Waals surface area contributed by atoms with Crippen molar-refractivity contribution < 1.29 is 9.53 Å². The minimum atomic E-state index is -0.626. The lowest BCUT2D eigenvalue weighted by molar-refractivity contribution is -0.139. The van der Waals surface area contributed by atoms with E-state index >= 15 is 0 Å². The van der Waals surface area contributed by atoms with Crippen molar-refractivity contribution in [3.05, 3.63) is 112 Å². The second-order valence-electron chi connectivity index (χ2n) is 7.93. The van der Waals surface area contributed by atoms with Gasteiger partial charge in [-0.2, -0.15) is 0 Å². The van der Waals surface area contributed by atoms with Crippen LogP contribution in [-0.2, 0) is 9.53 Å². The van der Waals surface area contributed by atoms with E-state index in [1.165, 1.54) is 11.3 Å². The molecule has 4 aromatic rings. The summed E-state index contributed by atoms with van der Waals surface area (Å²) in [6.45, 7) is 3.83. The molecule has 1 aromatic heterocycles. The van der Waals surface area contributed by atoms with E-state index in [1.54, 1.807) is 18.4 Å². The molecule has 5 rings (SSSR count). The summed E-state index contributed by atoms with van der Waals surface area (Å²) in [5.74, 6) is -0.450. The van der Waals surface area contributed by atoms with Crippen LogP contribution in [0.3, 0.4) is 0 Å². The van der Waals surface area contributed by atoms with Gasteiger partial charge >= 0.3 is 5.97 Å². The third kappa shape index (κ3) is 4.03. The monoisotopic (exact) mass is 580 g/mol. The van der Waals surface area contributed by atoms with Crippen molar-refractivity contribution in [2.75, 3.05) is 6.61 Å². The van der Waals surface area contributed by atoms with Crippen molar-refractivity contribution in [1.82, 2.24) is 4.57 Å². The van der Waals surface area contributed by atoms with Gasteiger partial charge in [-0.1, -0.05) is 65.9 Å². The maximum absolute atomic E-state index is 13.8. The average Bonchev–Trinajstić information content (AvgIpc) is 3.12. The summed E-state index contributed by atoms with van der Waals surface area (Å²) >= 11 is 3.59. The van der Waals surface area contributed by atoms with Crippen LogP contribution in [0.4, 0.5) is 0 Å². The molecule has 0 aliphatic carbocycles. The zero-order valence-corrected chi connectivity index (χ0v) is 21.6. The number of rotatable bonds is 4. The molecule has 0 saturated carbocycles. The number of hydrogen-bond acceptors (Lipinski definition) is 5. The van der Waals surface area contributed by atoms with E-state index in [2.05, 4.69) is 27.6 Å². The first-order chi connectivity index (χ1) is 16.5. The lowest BCUT2D eigenvalue weighted by atomic mass is 9.91. The number of fused-ring (bicyclic) bond motifs is 2. The zero-order chi connectivity index (χ0) is 23.8. The predicted molar refractivity (Wildman–Crippen MR) is 144 cm³/mol. The number of halogens is 1. The molecule has 34 heavy (non-hydrogen) atoms. The highest BCUT2D eigenvalue weighted by Crippen LogP contribution is 2.34. The number of esters is 1. The number of allylic oxidation sites excluding steroid dienone is 1. The van der Waals surface area contributed by atoms with E-state index < -0.39 is 12.0 Å². The Bertz CT molecular complexity index is 1640. The molecule has 0 N–H and O–H groups in total. The van der Waals surface area contributed by atoms with E-state index in [-0.39, 0.29) is 12.2 Å². The zero-order valence-electron chi connectivity index (χ0n) is 18.6. The molecule has 7 heteroatoms. The van der Waals surface area contributed by atoms with E-state index in [0.717, 1.165) is 25.5 Å². The largest absolute Gasteiger partial charge is 0.463 e. The Morgan fingerprint density at radius 3 is 2.71 bits per heavy atom. The van der Waals surface area contributed by atoms with Crippen molar-refractivity contribution >= 4 is 56.7 Å². The number of carbonyl (C=O) groups excluding carboxylic acids is 1. The summed E-state index contributed by atoms with van der Waals surface area (Å²) in [6, 6.07) is 21.3. The smallest absolute Gasteiger partial charge is 0.338 e. The standard InChI is InChI=1S/C27H21IN2O3S/c1-3-33-26(32)23-16(2)29-27-30(24(23)21-13-7-10-18-9-4-5-12-20(18)21)25(31)22(34-27)15-17-8-6-11-19(28)14-17/h4-15,24H,3H2,1-2H3/b22-15-/t24-/m0/s1. The van der Waals surface area contributed by atoms with Gasteiger partial charge in [0.05, 0.1) is 28.5 Å². The first-order valence-corrected chi connectivity index (χ1v) is 12.8. The van der Waals surface area contributed by atoms with Gasteiger partial charge in [0.1, 0.15) is 0 Å². The molecule has 0 saturated heterocycles. The van der Waals surface area contributed by atoms with Crippen molar-refractivity contribution in [3.8, 4) is 0 Å². The lowest BCUT2D eigenvalue weighted by Crippen LogP contribution is -2.40. The Morgan fingerprint density at radius 1 is 1.15 bits per heavy atom. The molecule has 0 fully saturated rings. The summed E-state index contributed by atoms with van der Waals surface area (Å²) in [4.78, 5) is 32.1. The van der Waals surface area contributed by atoms with Crippen molar-refractivity contribution in [2.45, 2.75) is 19.9 Å². The summed E-state index contributed by atoms with van der Waals surface area (Å²) in [6.07, 6.45) is 1.88.